The molecular weight excluding hydrogens is 322 g/mol. The van der Waals surface area contributed by atoms with Gasteiger partial charge in [-0.15, -0.1) is 0 Å². The van der Waals surface area contributed by atoms with E-state index in [1.165, 1.54) is 24.3 Å². The van der Waals surface area contributed by atoms with Crippen LogP contribution in [0.15, 0.2) is 42.5 Å². The van der Waals surface area contributed by atoms with Gasteiger partial charge in [-0.3, -0.25) is 14.9 Å². The minimum absolute atomic E-state index is 0.0295. The first kappa shape index (κ1) is 17.3. The second-order valence-electron chi connectivity index (χ2n) is 4.98. The molecule has 0 bridgehead atoms. The van der Waals surface area contributed by atoms with Crippen LogP contribution in [0.4, 0.5) is 14.5 Å². The van der Waals surface area contributed by atoms with Crippen LogP contribution in [0.25, 0.3) is 0 Å². The maximum absolute atomic E-state index is 13.2. The quantitative estimate of drug-likeness (QED) is 0.649. The molecule has 0 aromatic heterocycles. The van der Waals surface area contributed by atoms with Gasteiger partial charge in [0.2, 0.25) is 0 Å². The zero-order valence-electron chi connectivity index (χ0n) is 12.7. The number of amides is 1. The molecule has 0 aliphatic rings. The molecule has 0 fully saturated rings. The fourth-order valence-electron chi connectivity index (χ4n) is 2.02. The molecular formula is C16H14F2N2O4. The molecule has 0 saturated heterocycles. The van der Waals surface area contributed by atoms with Gasteiger partial charge >= 0.3 is 5.69 Å². The average molecular weight is 336 g/mol. The smallest absolute Gasteiger partial charge is 0.310 e. The number of halogens is 2. The third-order valence-corrected chi connectivity index (χ3v) is 3.24. The fraction of sp³-hybridized carbons (Fsp3) is 0.188. The minimum atomic E-state index is -1.01. The summed E-state index contributed by atoms with van der Waals surface area (Å²) in [5.74, 6) is -2.56. The third kappa shape index (κ3) is 4.25. The standard InChI is InChI=1S/C16H14F2N2O4/c1-10(11-6-7-12(17)13(18)8-11)19-16(21)9-24-15-5-3-2-4-14(15)20(22)23/h2-8,10H,9H2,1H3,(H,19,21). The molecule has 0 aliphatic carbocycles. The van der Waals surface area contributed by atoms with Crippen molar-refractivity contribution in [2.24, 2.45) is 0 Å². The van der Waals surface area contributed by atoms with Crippen LogP contribution in [0, 0.1) is 21.7 Å². The van der Waals surface area contributed by atoms with Gasteiger partial charge in [-0.25, -0.2) is 8.78 Å². The Labute approximate surface area is 136 Å². The predicted molar refractivity (Wildman–Crippen MR) is 81.5 cm³/mol. The summed E-state index contributed by atoms with van der Waals surface area (Å²) in [6.45, 7) is 1.15. The van der Waals surface area contributed by atoms with E-state index in [1.807, 2.05) is 0 Å². The van der Waals surface area contributed by atoms with E-state index < -0.39 is 35.1 Å². The van der Waals surface area contributed by atoms with Gasteiger partial charge in [0.05, 0.1) is 11.0 Å². The largest absolute Gasteiger partial charge is 0.477 e. The van der Waals surface area contributed by atoms with Crippen molar-refractivity contribution in [3.8, 4) is 5.75 Å². The monoisotopic (exact) mass is 336 g/mol. The van der Waals surface area contributed by atoms with Gasteiger partial charge in [-0.1, -0.05) is 18.2 Å². The molecule has 0 saturated carbocycles. The molecule has 8 heteroatoms. The molecule has 24 heavy (non-hydrogen) atoms. The van der Waals surface area contributed by atoms with Gasteiger partial charge in [0.15, 0.2) is 24.0 Å². The van der Waals surface area contributed by atoms with Crippen LogP contribution in [0.5, 0.6) is 5.75 Å². The Kier molecular flexibility index (Phi) is 5.41. The molecule has 1 N–H and O–H groups in total. The highest BCUT2D eigenvalue weighted by molar-refractivity contribution is 5.78. The number of nitro benzene ring substituents is 1. The lowest BCUT2D eigenvalue weighted by Gasteiger charge is -2.15. The lowest BCUT2D eigenvalue weighted by molar-refractivity contribution is -0.385. The van der Waals surface area contributed by atoms with E-state index in [0.717, 1.165) is 12.1 Å². The van der Waals surface area contributed by atoms with Crippen molar-refractivity contribution >= 4 is 11.6 Å². The van der Waals surface area contributed by atoms with Gasteiger partial charge in [0.25, 0.3) is 5.91 Å². The van der Waals surface area contributed by atoms with Gasteiger partial charge in [-0.2, -0.15) is 0 Å². The molecule has 126 valence electrons. The number of para-hydroxylation sites is 2. The van der Waals surface area contributed by atoms with Crippen molar-refractivity contribution in [1.82, 2.24) is 5.32 Å². The SMILES string of the molecule is CC(NC(=O)COc1ccccc1[N+](=O)[O-])c1ccc(F)c(F)c1. The van der Waals surface area contributed by atoms with E-state index in [-0.39, 0.29) is 11.4 Å². The van der Waals surface area contributed by atoms with Crippen LogP contribution in [-0.2, 0) is 4.79 Å². The van der Waals surface area contributed by atoms with E-state index in [4.69, 9.17) is 4.74 Å². The number of nitrogens with one attached hydrogen (secondary N) is 1. The molecule has 2 aromatic rings. The first-order valence-corrected chi connectivity index (χ1v) is 6.99. The van der Waals surface area contributed by atoms with Crippen molar-refractivity contribution in [3.05, 3.63) is 69.8 Å². The normalized spacial score (nSPS) is 11.6. The lowest BCUT2D eigenvalue weighted by atomic mass is 10.1. The summed E-state index contributed by atoms with van der Waals surface area (Å²) in [6, 6.07) is 8.40. The molecule has 0 spiro atoms. The lowest BCUT2D eigenvalue weighted by Crippen LogP contribution is -2.31. The first-order valence-electron chi connectivity index (χ1n) is 6.99. The van der Waals surface area contributed by atoms with Crippen LogP contribution in [0.1, 0.15) is 18.5 Å². The highest BCUT2D eigenvalue weighted by atomic mass is 19.2. The highest BCUT2D eigenvalue weighted by Crippen LogP contribution is 2.25. The van der Waals surface area contributed by atoms with Crippen molar-refractivity contribution in [2.45, 2.75) is 13.0 Å². The van der Waals surface area contributed by atoms with Crippen LogP contribution in [0.2, 0.25) is 0 Å². The van der Waals surface area contributed by atoms with Crippen molar-refractivity contribution in [1.29, 1.82) is 0 Å². The fourth-order valence-corrected chi connectivity index (χ4v) is 2.02. The Morgan fingerprint density at radius 3 is 2.62 bits per heavy atom. The molecule has 6 nitrogen and oxygen atoms in total. The van der Waals surface area contributed by atoms with E-state index in [9.17, 15) is 23.7 Å². The first-order chi connectivity index (χ1) is 11.4. The van der Waals surface area contributed by atoms with Gasteiger partial charge in [0.1, 0.15) is 0 Å². The zero-order chi connectivity index (χ0) is 17.7. The number of hydrogen-bond donors (Lipinski definition) is 1. The molecule has 2 aromatic carbocycles. The summed E-state index contributed by atoms with van der Waals surface area (Å²) < 4.78 is 31.2. The van der Waals surface area contributed by atoms with Gasteiger partial charge < -0.3 is 10.1 Å². The predicted octanol–water partition coefficient (Wildman–Crippen LogP) is 3.13. The summed E-state index contributed by atoms with van der Waals surface area (Å²) in [7, 11) is 0. The van der Waals surface area contributed by atoms with Crippen LogP contribution in [-0.4, -0.2) is 17.4 Å². The maximum atomic E-state index is 13.2. The molecule has 1 amide bonds. The van der Waals surface area contributed by atoms with E-state index in [2.05, 4.69) is 5.32 Å². The molecule has 2 rings (SSSR count). The second-order valence-corrected chi connectivity index (χ2v) is 4.98. The van der Waals surface area contributed by atoms with Gasteiger partial charge in [-0.05, 0) is 30.7 Å². The Balaban J connectivity index is 1.96. The number of rotatable bonds is 6. The van der Waals surface area contributed by atoms with E-state index >= 15 is 0 Å². The maximum Gasteiger partial charge on any atom is 0.310 e. The van der Waals surface area contributed by atoms with Crippen LogP contribution in [0.3, 0.4) is 0 Å². The Morgan fingerprint density at radius 2 is 1.96 bits per heavy atom. The highest BCUT2D eigenvalue weighted by Gasteiger charge is 2.16. The zero-order valence-corrected chi connectivity index (χ0v) is 12.7. The molecule has 0 radical (unpaired) electrons. The Bertz CT molecular complexity index is 767. The van der Waals surface area contributed by atoms with Crippen molar-refractivity contribution in [3.63, 3.8) is 0 Å². The number of hydrogen-bond acceptors (Lipinski definition) is 4. The summed E-state index contributed by atoms with van der Waals surface area (Å²) in [5.41, 5.74) is 0.131. The number of ether oxygens (including phenoxy) is 1. The molecule has 1 atom stereocenters. The summed E-state index contributed by atoms with van der Waals surface area (Å²) in [5, 5.41) is 13.4. The number of benzene rings is 2. The summed E-state index contributed by atoms with van der Waals surface area (Å²) >= 11 is 0. The Hall–Kier alpha value is -3.03. The topological polar surface area (TPSA) is 81.5 Å². The number of carbonyl (C=O) groups is 1. The summed E-state index contributed by atoms with van der Waals surface area (Å²) in [4.78, 5) is 22.1. The van der Waals surface area contributed by atoms with Crippen molar-refractivity contribution < 1.29 is 23.2 Å². The van der Waals surface area contributed by atoms with Gasteiger partial charge in [0, 0.05) is 6.07 Å². The van der Waals surface area contributed by atoms with Crippen LogP contribution >= 0.6 is 0 Å². The molecule has 1 unspecified atom stereocenters. The number of nitro groups is 1. The second kappa shape index (κ2) is 7.49. The molecule has 0 aliphatic heterocycles. The Morgan fingerprint density at radius 1 is 1.25 bits per heavy atom. The van der Waals surface area contributed by atoms with E-state index in [0.29, 0.717) is 5.56 Å². The molecule has 0 heterocycles. The minimum Gasteiger partial charge on any atom is -0.477 e. The number of nitrogens with zero attached hydrogens (tertiary/aromatic N) is 1. The summed E-state index contributed by atoms with van der Waals surface area (Å²) in [6.07, 6.45) is 0. The van der Waals surface area contributed by atoms with E-state index in [1.54, 1.807) is 13.0 Å². The average Bonchev–Trinajstić information content (AvgIpc) is 2.55. The van der Waals surface area contributed by atoms with Crippen LogP contribution < -0.4 is 10.1 Å². The van der Waals surface area contributed by atoms with Crippen molar-refractivity contribution in [2.75, 3.05) is 6.61 Å². The third-order valence-electron chi connectivity index (χ3n) is 3.24. The number of carbonyl (C=O) groups excluding carboxylic acids is 1.